The molecule has 0 aliphatic rings. The molecule has 0 amide bonds. The van der Waals surface area contributed by atoms with Gasteiger partial charge in [-0.2, -0.15) is 0 Å². The summed E-state index contributed by atoms with van der Waals surface area (Å²) in [6, 6.07) is 3.84. The van der Waals surface area contributed by atoms with Crippen molar-refractivity contribution < 1.29 is 4.52 Å². The van der Waals surface area contributed by atoms with Crippen LogP contribution in [0, 0.1) is 6.92 Å². The molecule has 0 fully saturated rings. The van der Waals surface area contributed by atoms with Crippen LogP contribution < -0.4 is 0 Å². The number of hydrogen-bond acceptors (Lipinski definition) is 2. The van der Waals surface area contributed by atoms with E-state index < -0.39 is 0 Å². The number of rotatable bonds is 0. The lowest BCUT2D eigenvalue weighted by Crippen LogP contribution is -1.75. The van der Waals surface area contributed by atoms with Crippen molar-refractivity contribution in [3.05, 3.63) is 24.1 Å². The van der Waals surface area contributed by atoms with E-state index in [-0.39, 0.29) is 0 Å². The van der Waals surface area contributed by atoms with Crippen LogP contribution >= 0.6 is 0 Å². The second kappa shape index (κ2) is 1.37. The quantitative estimate of drug-likeness (QED) is 0.526. The topological polar surface area (TPSA) is 30.4 Å². The second-order valence-electron chi connectivity index (χ2n) is 1.98. The highest BCUT2D eigenvalue weighted by atomic mass is 16.5. The maximum Gasteiger partial charge on any atom is 0.134 e. The SMILES string of the molecule is Cc1cc2ccnn2o1. The van der Waals surface area contributed by atoms with Crippen LogP contribution in [0.25, 0.3) is 5.52 Å². The lowest BCUT2D eigenvalue weighted by atomic mass is 10.4. The van der Waals surface area contributed by atoms with Gasteiger partial charge in [0.1, 0.15) is 11.3 Å². The van der Waals surface area contributed by atoms with Crippen LogP contribution in [0.5, 0.6) is 0 Å². The lowest BCUT2D eigenvalue weighted by Gasteiger charge is -1.76. The first-order chi connectivity index (χ1) is 4.36. The molecule has 9 heavy (non-hydrogen) atoms. The minimum absolute atomic E-state index is 0.887. The van der Waals surface area contributed by atoms with Crippen LogP contribution in [-0.4, -0.2) is 9.79 Å². The third-order valence-electron chi connectivity index (χ3n) is 1.22. The number of nitrogens with zero attached hydrogens (tertiary/aromatic N) is 2. The molecule has 2 aromatic heterocycles. The Balaban J connectivity index is 2.92. The van der Waals surface area contributed by atoms with Crippen molar-refractivity contribution in [2.24, 2.45) is 0 Å². The van der Waals surface area contributed by atoms with Gasteiger partial charge in [0.15, 0.2) is 0 Å². The predicted octanol–water partition coefficient (Wildman–Crippen LogP) is 1.24. The predicted molar refractivity (Wildman–Crippen MR) is 32.2 cm³/mol. The highest BCUT2D eigenvalue weighted by Gasteiger charge is 1.96. The van der Waals surface area contributed by atoms with Gasteiger partial charge in [-0.15, -0.1) is 5.10 Å². The summed E-state index contributed by atoms with van der Waals surface area (Å²) in [5, 5.41) is 3.89. The maximum absolute atomic E-state index is 5.11. The molecule has 46 valence electrons. The summed E-state index contributed by atoms with van der Waals surface area (Å²) in [5.41, 5.74) is 1.01. The van der Waals surface area contributed by atoms with Crippen LogP contribution in [0.3, 0.4) is 0 Å². The van der Waals surface area contributed by atoms with E-state index in [1.807, 2.05) is 19.1 Å². The van der Waals surface area contributed by atoms with Gasteiger partial charge < -0.3 is 4.52 Å². The molecule has 2 heterocycles. The Morgan fingerprint density at radius 1 is 1.67 bits per heavy atom. The smallest absolute Gasteiger partial charge is 0.134 e. The van der Waals surface area contributed by atoms with Crippen LogP contribution in [0.1, 0.15) is 5.76 Å². The average molecular weight is 122 g/mol. The van der Waals surface area contributed by atoms with Crippen LogP contribution in [0.4, 0.5) is 0 Å². The molecule has 0 bridgehead atoms. The second-order valence-corrected chi connectivity index (χ2v) is 1.98. The summed E-state index contributed by atoms with van der Waals surface area (Å²) in [4.78, 5) is 0. The van der Waals surface area contributed by atoms with Gasteiger partial charge >= 0.3 is 0 Å². The lowest BCUT2D eigenvalue weighted by molar-refractivity contribution is 0.321. The largest absolute Gasteiger partial charge is 0.362 e. The Hall–Kier alpha value is -1.25. The Labute approximate surface area is 51.8 Å². The monoisotopic (exact) mass is 122 g/mol. The molecule has 0 N–H and O–H groups in total. The normalized spacial score (nSPS) is 10.8. The fourth-order valence-electron chi connectivity index (χ4n) is 0.851. The maximum atomic E-state index is 5.11. The van der Waals surface area contributed by atoms with Crippen molar-refractivity contribution >= 4 is 5.52 Å². The van der Waals surface area contributed by atoms with Crippen molar-refractivity contribution in [2.45, 2.75) is 6.92 Å². The molecule has 0 spiro atoms. The number of fused-ring (bicyclic) bond motifs is 1. The Morgan fingerprint density at radius 3 is 3.33 bits per heavy atom. The minimum atomic E-state index is 0.887. The number of hydrogen-bond donors (Lipinski definition) is 0. The Morgan fingerprint density at radius 2 is 2.56 bits per heavy atom. The van der Waals surface area contributed by atoms with E-state index in [2.05, 4.69) is 5.10 Å². The van der Waals surface area contributed by atoms with Gasteiger partial charge in [0, 0.05) is 6.07 Å². The first-order valence-corrected chi connectivity index (χ1v) is 2.77. The van der Waals surface area contributed by atoms with E-state index in [1.54, 1.807) is 6.20 Å². The molecular formula is C6H6N2O. The van der Waals surface area contributed by atoms with E-state index in [9.17, 15) is 0 Å². The summed E-state index contributed by atoms with van der Waals surface area (Å²) in [5.74, 6) is 0.887. The molecule has 0 aliphatic heterocycles. The summed E-state index contributed by atoms with van der Waals surface area (Å²) in [7, 11) is 0. The zero-order valence-electron chi connectivity index (χ0n) is 5.03. The first-order valence-electron chi connectivity index (χ1n) is 2.77. The van der Waals surface area contributed by atoms with Crippen molar-refractivity contribution in [2.75, 3.05) is 0 Å². The van der Waals surface area contributed by atoms with Gasteiger partial charge in [-0.1, -0.05) is 4.69 Å². The highest BCUT2D eigenvalue weighted by Crippen LogP contribution is 2.05. The molecule has 0 aromatic carbocycles. The molecular weight excluding hydrogens is 116 g/mol. The molecule has 0 radical (unpaired) electrons. The standard InChI is InChI=1S/C6H6N2O/c1-5-4-6-2-3-7-8(6)9-5/h2-4H,1H3. The zero-order valence-corrected chi connectivity index (χ0v) is 5.03. The van der Waals surface area contributed by atoms with Crippen LogP contribution in [0.15, 0.2) is 22.9 Å². The summed E-state index contributed by atoms with van der Waals surface area (Å²) < 4.78 is 6.61. The third kappa shape index (κ3) is 0.543. The van der Waals surface area contributed by atoms with Gasteiger partial charge in [-0.3, -0.25) is 0 Å². The number of aryl methyl sites for hydroxylation is 1. The molecule has 2 rings (SSSR count). The van der Waals surface area contributed by atoms with E-state index in [4.69, 9.17) is 4.52 Å². The first kappa shape index (κ1) is 4.61. The van der Waals surface area contributed by atoms with Gasteiger partial charge in [-0.05, 0) is 13.0 Å². The third-order valence-corrected chi connectivity index (χ3v) is 1.22. The van der Waals surface area contributed by atoms with Gasteiger partial charge in [0.05, 0.1) is 6.20 Å². The average Bonchev–Trinajstić information content (AvgIpc) is 2.22. The van der Waals surface area contributed by atoms with E-state index in [0.29, 0.717) is 0 Å². The van der Waals surface area contributed by atoms with Gasteiger partial charge in [0.2, 0.25) is 0 Å². The highest BCUT2D eigenvalue weighted by molar-refractivity contribution is 5.44. The van der Waals surface area contributed by atoms with Crippen LogP contribution in [0.2, 0.25) is 0 Å². The van der Waals surface area contributed by atoms with Crippen molar-refractivity contribution in [1.29, 1.82) is 0 Å². The van der Waals surface area contributed by atoms with Crippen molar-refractivity contribution in [1.82, 2.24) is 9.79 Å². The Bertz CT molecular complexity index is 292. The summed E-state index contributed by atoms with van der Waals surface area (Å²) in [6.07, 6.45) is 1.71. The molecule has 0 saturated heterocycles. The molecule has 3 heteroatoms. The van der Waals surface area contributed by atoms with E-state index >= 15 is 0 Å². The molecule has 0 unspecified atom stereocenters. The zero-order chi connectivity index (χ0) is 6.27. The molecule has 2 aromatic rings. The van der Waals surface area contributed by atoms with E-state index in [1.165, 1.54) is 4.69 Å². The fourth-order valence-corrected chi connectivity index (χ4v) is 0.851. The summed E-state index contributed by atoms with van der Waals surface area (Å²) >= 11 is 0. The van der Waals surface area contributed by atoms with Crippen LogP contribution in [-0.2, 0) is 0 Å². The Kier molecular flexibility index (Phi) is 0.704. The molecule has 3 nitrogen and oxygen atoms in total. The summed E-state index contributed by atoms with van der Waals surface area (Å²) in [6.45, 7) is 1.90. The van der Waals surface area contributed by atoms with Crippen molar-refractivity contribution in [3.8, 4) is 0 Å². The minimum Gasteiger partial charge on any atom is -0.362 e. The molecule has 0 atom stereocenters. The van der Waals surface area contributed by atoms with Gasteiger partial charge in [0.25, 0.3) is 0 Å². The van der Waals surface area contributed by atoms with Gasteiger partial charge in [-0.25, -0.2) is 0 Å². The van der Waals surface area contributed by atoms with E-state index in [0.717, 1.165) is 11.3 Å². The van der Waals surface area contributed by atoms with Crippen molar-refractivity contribution in [3.63, 3.8) is 0 Å². The number of aromatic nitrogens is 2. The molecule has 0 saturated carbocycles. The molecule has 0 aliphatic carbocycles. The fraction of sp³-hybridized carbons (Fsp3) is 0.167.